The van der Waals surface area contributed by atoms with E-state index in [0.717, 1.165) is 15.5 Å². The molecule has 0 fully saturated rings. The van der Waals surface area contributed by atoms with Gasteiger partial charge in [-0.1, -0.05) is 35.9 Å². The Bertz CT molecular complexity index is 739. The molecule has 0 radical (unpaired) electrons. The predicted molar refractivity (Wildman–Crippen MR) is 87.5 cm³/mol. The topological polar surface area (TPSA) is 12.4 Å². The highest BCUT2D eigenvalue weighted by Gasteiger charge is 2.06. The van der Waals surface area contributed by atoms with Crippen LogP contribution in [0.15, 0.2) is 57.7 Å². The molecule has 0 amide bonds. The molecule has 1 aromatic heterocycles. The van der Waals surface area contributed by atoms with Crippen molar-refractivity contribution in [2.45, 2.75) is 11.1 Å². The maximum atomic E-state index is 4.55. The Morgan fingerprint density at radius 1 is 1.05 bits per heavy atom. The van der Waals surface area contributed by atoms with Crippen molar-refractivity contribution in [3.05, 3.63) is 59.7 Å². The van der Waals surface area contributed by atoms with E-state index in [0.29, 0.717) is 0 Å². The molecule has 0 atom stereocenters. The largest absolute Gasteiger partial charge is 0.256 e. The Kier molecular flexibility index (Phi) is 3.40. The number of rotatable bonds is 2. The van der Waals surface area contributed by atoms with Crippen LogP contribution in [0.1, 0.15) is 11.1 Å². The highest BCUT2D eigenvalue weighted by atomic mass is 32.2. The minimum Gasteiger partial charge on any atom is -0.256 e. The first-order chi connectivity index (χ1) is 9.24. The zero-order valence-corrected chi connectivity index (χ0v) is 12.2. The number of hydrogen-bond donors (Lipinski definition) is 1. The fourth-order valence-electron chi connectivity index (χ4n) is 1.95. The predicted octanol–water partition coefficient (Wildman–Crippen LogP) is 5.25. The number of aliphatic imine (C=N–C) groups is 1. The Morgan fingerprint density at radius 2 is 1.79 bits per heavy atom. The van der Waals surface area contributed by atoms with Crippen molar-refractivity contribution in [1.82, 2.24) is 0 Å². The summed E-state index contributed by atoms with van der Waals surface area (Å²) >= 11 is 6.24. The van der Waals surface area contributed by atoms with E-state index in [1.165, 1.54) is 15.6 Å². The van der Waals surface area contributed by atoms with Crippen LogP contribution in [0.4, 0.5) is 5.69 Å². The lowest BCUT2D eigenvalue weighted by Crippen LogP contribution is -1.79. The first kappa shape index (κ1) is 12.5. The Morgan fingerprint density at radius 3 is 2.58 bits per heavy atom. The van der Waals surface area contributed by atoms with Gasteiger partial charge < -0.3 is 0 Å². The molecule has 0 saturated carbocycles. The van der Waals surface area contributed by atoms with Gasteiger partial charge in [0.1, 0.15) is 0 Å². The zero-order valence-electron chi connectivity index (χ0n) is 10.5. The lowest BCUT2D eigenvalue weighted by molar-refractivity contribution is 1.44. The summed E-state index contributed by atoms with van der Waals surface area (Å²) in [6.07, 6.45) is 1.91. The molecular formula is C16H13NS2. The van der Waals surface area contributed by atoms with Crippen LogP contribution < -0.4 is 0 Å². The fraction of sp³-hybridized carbons (Fsp3) is 0.0625. The average molecular weight is 283 g/mol. The minimum absolute atomic E-state index is 0.966. The number of nitrogens with zero attached hydrogens (tertiary/aromatic N) is 1. The molecule has 0 saturated heterocycles. The van der Waals surface area contributed by atoms with E-state index in [1.807, 2.05) is 30.5 Å². The van der Waals surface area contributed by atoms with E-state index in [1.54, 1.807) is 11.3 Å². The van der Waals surface area contributed by atoms with Gasteiger partial charge in [0, 0.05) is 21.9 Å². The van der Waals surface area contributed by atoms with Gasteiger partial charge in [-0.25, -0.2) is 0 Å². The second-order valence-corrected chi connectivity index (χ2v) is 6.21. The van der Waals surface area contributed by atoms with Crippen LogP contribution in [-0.4, -0.2) is 6.21 Å². The van der Waals surface area contributed by atoms with E-state index >= 15 is 0 Å². The van der Waals surface area contributed by atoms with E-state index in [9.17, 15) is 0 Å². The minimum atomic E-state index is 0.966. The summed E-state index contributed by atoms with van der Waals surface area (Å²) in [5.74, 6) is 0. The first-order valence-electron chi connectivity index (χ1n) is 6.05. The number of thiol groups is 1. The van der Waals surface area contributed by atoms with Gasteiger partial charge in [0.05, 0.1) is 9.90 Å². The lowest BCUT2D eigenvalue weighted by Gasteiger charge is -1.95. The molecule has 3 rings (SSSR count). The summed E-state index contributed by atoms with van der Waals surface area (Å²) in [7, 11) is 0. The first-order valence-corrected chi connectivity index (χ1v) is 7.31. The molecule has 19 heavy (non-hydrogen) atoms. The van der Waals surface area contributed by atoms with E-state index < -0.39 is 0 Å². The molecule has 1 heterocycles. The van der Waals surface area contributed by atoms with Crippen molar-refractivity contribution in [3.8, 4) is 0 Å². The highest BCUT2D eigenvalue weighted by Crippen LogP contribution is 2.32. The second-order valence-electron chi connectivity index (χ2n) is 4.41. The van der Waals surface area contributed by atoms with Gasteiger partial charge in [0.25, 0.3) is 0 Å². The van der Waals surface area contributed by atoms with Crippen LogP contribution in [0.5, 0.6) is 0 Å². The quantitative estimate of drug-likeness (QED) is 0.487. The van der Waals surface area contributed by atoms with E-state index in [-0.39, 0.29) is 0 Å². The van der Waals surface area contributed by atoms with Crippen LogP contribution in [-0.2, 0) is 0 Å². The molecular weight excluding hydrogens is 270 g/mol. The van der Waals surface area contributed by atoms with Crippen LogP contribution in [0.3, 0.4) is 0 Å². The molecule has 3 heteroatoms. The standard InChI is InChI=1S/C16H13NS2/c1-11-6-8-12(9-7-11)17-10-14-13-4-2-3-5-15(13)19-16(14)18/h2-10,18H,1H3. The van der Waals surface area contributed by atoms with Crippen LogP contribution in [0.25, 0.3) is 10.1 Å². The van der Waals surface area contributed by atoms with Crippen LogP contribution in [0, 0.1) is 6.92 Å². The van der Waals surface area contributed by atoms with Gasteiger partial charge >= 0.3 is 0 Å². The Hall–Kier alpha value is -1.58. The third kappa shape index (κ3) is 2.57. The maximum Gasteiger partial charge on any atom is 0.0668 e. The molecule has 0 unspecified atom stereocenters. The zero-order chi connectivity index (χ0) is 13.2. The number of aryl methyl sites for hydroxylation is 1. The normalized spacial score (nSPS) is 11.5. The molecule has 1 nitrogen and oxygen atoms in total. The summed E-state index contributed by atoms with van der Waals surface area (Å²) in [6.45, 7) is 2.08. The summed E-state index contributed by atoms with van der Waals surface area (Å²) < 4.78 is 2.26. The summed E-state index contributed by atoms with van der Waals surface area (Å²) in [5, 5.41) is 1.22. The fourth-order valence-corrected chi connectivity index (χ4v) is 3.34. The number of thiophene rings is 1. The van der Waals surface area contributed by atoms with Gasteiger partial charge in [-0.05, 0) is 25.1 Å². The SMILES string of the molecule is Cc1ccc(N=Cc2c(S)sc3ccccc23)cc1. The molecule has 0 aliphatic rings. The van der Waals surface area contributed by atoms with Crippen molar-refractivity contribution < 1.29 is 0 Å². The van der Waals surface area contributed by atoms with Gasteiger partial charge in [-0.3, -0.25) is 4.99 Å². The van der Waals surface area contributed by atoms with Gasteiger partial charge in [-0.2, -0.15) is 0 Å². The van der Waals surface area contributed by atoms with Gasteiger partial charge in [0.2, 0.25) is 0 Å². The number of fused-ring (bicyclic) bond motifs is 1. The molecule has 2 aromatic carbocycles. The molecule has 0 aliphatic carbocycles. The van der Waals surface area contributed by atoms with Crippen LogP contribution >= 0.6 is 24.0 Å². The van der Waals surface area contributed by atoms with Gasteiger partial charge in [-0.15, -0.1) is 24.0 Å². The summed E-state index contributed by atoms with van der Waals surface area (Å²) in [5.41, 5.74) is 3.31. The van der Waals surface area contributed by atoms with Crippen molar-refractivity contribution >= 4 is 46.0 Å². The number of hydrogen-bond acceptors (Lipinski definition) is 3. The third-order valence-corrected chi connectivity index (χ3v) is 4.49. The maximum absolute atomic E-state index is 4.55. The van der Waals surface area contributed by atoms with Crippen molar-refractivity contribution in [2.75, 3.05) is 0 Å². The highest BCUT2D eigenvalue weighted by molar-refractivity contribution is 7.83. The number of benzene rings is 2. The lowest BCUT2D eigenvalue weighted by atomic mass is 10.2. The monoisotopic (exact) mass is 283 g/mol. The Balaban J connectivity index is 2.01. The smallest absolute Gasteiger partial charge is 0.0668 e. The molecule has 3 aromatic rings. The third-order valence-electron chi connectivity index (χ3n) is 2.99. The molecule has 0 N–H and O–H groups in total. The summed E-state index contributed by atoms with van der Waals surface area (Å²) in [4.78, 5) is 4.53. The molecule has 0 spiro atoms. The average Bonchev–Trinajstić information content (AvgIpc) is 2.74. The molecule has 0 aliphatic heterocycles. The van der Waals surface area contributed by atoms with Crippen molar-refractivity contribution in [1.29, 1.82) is 0 Å². The molecule has 94 valence electrons. The van der Waals surface area contributed by atoms with E-state index in [2.05, 4.69) is 48.8 Å². The van der Waals surface area contributed by atoms with Crippen molar-refractivity contribution in [3.63, 3.8) is 0 Å². The van der Waals surface area contributed by atoms with Crippen LogP contribution in [0.2, 0.25) is 0 Å². The van der Waals surface area contributed by atoms with Crippen molar-refractivity contribution in [2.24, 2.45) is 4.99 Å². The second kappa shape index (κ2) is 5.19. The summed E-state index contributed by atoms with van der Waals surface area (Å²) in [6, 6.07) is 16.5. The molecule has 0 bridgehead atoms. The van der Waals surface area contributed by atoms with E-state index in [4.69, 9.17) is 0 Å². The Labute approximate surface area is 122 Å². The van der Waals surface area contributed by atoms with Gasteiger partial charge in [0.15, 0.2) is 0 Å².